The Hall–Kier alpha value is -3.91. The Morgan fingerprint density at radius 1 is 1.06 bits per heavy atom. The number of hydrogen-bond donors (Lipinski definition) is 2. The third-order valence-corrected chi connectivity index (χ3v) is 5.36. The fourth-order valence-electron chi connectivity index (χ4n) is 3.35. The Balaban J connectivity index is 1.48. The summed E-state index contributed by atoms with van der Waals surface area (Å²) in [4.78, 5) is 38.3. The van der Waals surface area contributed by atoms with Crippen molar-refractivity contribution in [3.8, 4) is 5.75 Å². The van der Waals surface area contributed by atoms with Gasteiger partial charge in [0.15, 0.2) is 6.61 Å². The van der Waals surface area contributed by atoms with E-state index in [0.29, 0.717) is 22.7 Å². The standard InChI is InChI=1S/C24H19ClFN3O4/c25-18-7-4-8-19(26)17(18)13-29-20-11-16(9-10-21(20)33-14-23(29)31)28-22(30)12-27-24(32)15-5-2-1-3-6-15/h1-11H,12-14H2,(H,27,32)(H,28,30). The number of nitrogens with one attached hydrogen (secondary N) is 2. The van der Waals surface area contributed by atoms with Crippen LogP contribution in [0.25, 0.3) is 0 Å². The van der Waals surface area contributed by atoms with Crippen molar-refractivity contribution in [2.45, 2.75) is 6.54 Å². The number of anilines is 2. The predicted molar refractivity (Wildman–Crippen MR) is 122 cm³/mol. The molecule has 3 amide bonds. The summed E-state index contributed by atoms with van der Waals surface area (Å²) in [7, 11) is 0. The molecule has 9 heteroatoms. The fourth-order valence-corrected chi connectivity index (χ4v) is 3.57. The zero-order valence-electron chi connectivity index (χ0n) is 17.3. The zero-order chi connectivity index (χ0) is 23.4. The van der Waals surface area contributed by atoms with Crippen LogP contribution < -0.4 is 20.3 Å². The highest BCUT2D eigenvalue weighted by Gasteiger charge is 2.27. The van der Waals surface area contributed by atoms with E-state index in [-0.39, 0.29) is 42.1 Å². The molecule has 3 aromatic rings. The van der Waals surface area contributed by atoms with Crippen LogP contribution in [0.5, 0.6) is 5.75 Å². The molecule has 1 aliphatic heterocycles. The van der Waals surface area contributed by atoms with Gasteiger partial charge in [-0.25, -0.2) is 4.39 Å². The van der Waals surface area contributed by atoms with Crippen molar-refractivity contribution in [2.24, 2.45) is 0 Å². The van der Waals surface area contributed by atoms with E-state index >= 15 is 0 Å². The molecule has 0 bridgehead atoms. The second-order valence-electron chi connectivity index (χ2n) is 7.25. The van der Waals surface area contributed by atoms with Gasteiger partial charge in [0.05, 0.1) is 18.8 Å². The molecular formula is C24H19ClFN3O4. The molecule has 0 saturated carbocycles. The maximum atomic E-state index is 14.3. The summed E-state index contributed by atoms with van der Waals surface area (Å²) in [6, 6.07) is 17.6. The Bertz CT molecular complexity index is 1200. The van der Waals surface area contributed by atoms with E-state index < -0.39 is 11.7 Å². The van der Waals surface area contributed by atoms with Crippen molar-refractivity contribution in [1.82, 2.24) is 5.32 Å². The molecule has 1 aliphatic rings. The first-order valence-corrected chi connectivity index (χ1v) is 10.4. The van der Waals surface area contributed by atoms with Crippen LogP contribution in [0, 0.1) is 5.82 Å². The van der Waals surface area contributed by atoms with Gasteiger partial charge in [-0.2, -0.15) is 0 Å². The summed E-state index contributed by atoms with van der Waals surface area (Å²) in [5.41, 5.74) is 1.38. The Morgan fingerprint density at radius 2 is 1.85 bits per heavy atom. The van der Waals surface area contributed by atoms with Gasteiger partial charge in [0.2, 0.25) is 5.91 Å². The van der Waals surface area contributed by atoms with Crippen LogP contribution in [0.1, 0.15) is 15.9 Å². The highest BCUT2D eigenvalue weighted by atomic mass is 35.5. The quantitative estimate of drug-likeness (QED) is 0.577. The second kappa shape index (κ2) is 9.70. The predicted octanol–water partition coefficient (Wildman–Crippen LogP) is 3.77. The van der Waals surface area contributed by atoms with Crippen LogP contribution in [0.4, 0.5) is 15.8 Å². The molecule has 0 aliphatic carbocycles. The number of nitrogens with zero attached hydrogens (tertiary/aromatic N) is 1. The molecule has 33 heavy (non-hydrogen) atoms. The van der Waals surface area contributed by atoms with Crippen molar-refractivity contribution in [1.29, 1.82) is 0 Å². The van der Waals surface area contributed by atoms with Crippen LogP contribution in [0.2, 0.25) is 5.02 Å². The van der Waals surface area contributed by atoms with E-state index in [2.05, 4.69) is 10.6 Å². The van der Waals surface area contributed by atoms with E-state index in [1.54, 1.807) is 54.6 Å². The first kappa shape index (κ1) is 22.3. The van der Waals surface area contributed by atoms with Crippen LogP contribution in [-0.2, 0) is 16.1 Å². The molecule has 0 saturated heterocycles. The Morgan fingerprint density at radius 3 is 2.61 bits per heavy atom. The minimum atomic E-state index is -0.526. The normalized spacial score (nSPS) is 12.5. The van der Waals surface area contributed by atoms with Gasteiger partial charge in [0, 0.05) is 21.8 Å². The molecule has 0 atom stereocenters. The van der Waals surface area contributed by atoms with Crippen LogP contribution in [0.15, 0.2) is 66.7 Å². The summed E-state index contributed by atoms with van der Waals surface area (Å²) in [5.74, 6) is -1.31. The molecular weight excluding hydrogens is 449 g/mol. The number of carbonyl (C=O) groups is 3. The van der Waals surface area contributed by atoms with Crippen molar-refractivity contribution >= 4 is 40.7 Å². The molecule has 1 heterocycles. The minimum Gasteiger partial charge on any atom is -0.482 e. The third kappa shape index (κ3) is 5.12. The van der Waals surface area contributed by atoms with Gasteiger partial charge >= 0.3 is 0 Å². The van der Waals surface area contributed by atoms with E-state index in [0.717, 1.165) is 0 Å². The van der Waals surface area contributed by atoms with Gasteiger partial charge < -0.3 is 20.3 Å². The number of fused-ring (bicyclic) bond motifs is 1. The number of ether oxygens (including phenoxy) is 1. The van der Waals surface area contributed by atoms with Gasteiger partial charge in [0.1, 0.15) is 11.6 Å². The number of carbonyl (C=O) groups excluding carboxylic acids is 3. The summed E-state index contributed by atoms with van der Waals surface area (Å²) in [6.07, 6.45) is 0. The molecule has 0 aromatic heterocycles. The molecule has 0 fully saturated rings. The molecule has 0 radical (unpaired) electrons. The maximum Gasteiger partial charge on any atom is 0.265 e. The monoisotopic (exact) mass is 467 g/mol. The van der Waals surface area contributed by atoms with E-state index in [1.165, 1.54) is 17.0 Å². The number of halogens is 2. The van der Waals surface area contributed by atoms with E-state index in [1.807, 2.05) is 0 Å². The molecule has 0 spiro atoms. The lowest BCUT2D eigenvalue weighted by molar-refractivity contribution is -0.121. The SMILES string of the molecule is O=C(CNC(=O)c1ccccc1)Nc1ccc2c(c1)N(Cc1c(F)cccc1Cl)C(=O)CO2. The van der Waals surface area contributed by atoms with Crippen LogP contribution in [-0.4, -0.2) is 30.9 Å². The first-order valence-electron chi connectivity index (χ1n) is 10.1. The highest BCUT2D eigenvalue weighted by molar-refractivity contribution is 6.31. The molecule has 3 aromatic carbocycles. The summed E-state index contributed by atoms with van der Waals surface area (Å²) < 4.78 is 19.8. The van der Waals surface area contributed by atoms with Gasteiger partial charge in [0.25, 0.3) is 11.8 Å². The van der Waals surface area contributed by atoms with Crippen molar-refractivity contribution in [2.75, 3.05) is 23.4 Å². The fraction of sp³-hybridized carbons (Fsp3) is 0.125. The Labute approximate surface area is 194 Å². The molecule has 0 unspecified atom stereocenters. The summed E-state index contributed by atoms with van der Waals surface area (Å²) in [5, 5.41) is 5.42. The molecule has 168 valence electrons. The molecule has 7 nitrogen and oxygen atoms in total. The highest BCUT2D eigenvalue weighted by Crippen LogP contribution is 2.36. The smallest absolute Gasteiger partial charge is 0.265 e. The lowest BCUT2D eigenvalue weighted by Crippen LogP contribution is -2.38. The second-order valence-corrected chi connectivity index (χ2v) is 7.66. The van der Waals surface area contributed by atoms with Gasteiger partial charge in [-0.1, -0.05) is 35.9 Å². The number of amides is 3. The van der Waals surface area contributed by atoms with Crippen molar-refractivity contribution in [3.05, 3.63) is 88.7 Å². The van der Waals surface area contributed by atoms with Crippen LogP contribution in [0.3, 0.4) is 0 Å². The third-order valence-electron chi connectivity index (χ3n) is 5.01. The van der Waals surface area contributed by atoms with E-state index in [9.17, 15) is 18.8 Å². The van der Waals surface area contributed by atoms with Crippen molar-refractivity contribution in [3.63, 3.8) is 0 Å². The largest absolute Gasteiger partial charge is 0.482 e. The lowest BCUT2D eigenvalue weighted by atomic mass is 10.1. The summed E-state index contributed by atoms with van der Waals surface area (Å²) in [6.45, 7) is -0.531. The maximum absolute atomic E-state index is 14.3. The van der Waals surface area contributed by atoms with Crippen LogP contribution >= 0.6 is 11.6 Å². The summed E-state index contributed by atoms with van der Waals surface area (Å²) >= 11 is 6.13. The molecule has 4 rings (SSSR count). The average molecular weight is 468 g/mol. The number of rotatable bonds is 6. The topological polar surface area (TPSA) is 87.7 Å². The first-order chi connectivity index (χ1) is 15.9. The number of benzene rings is 3. The molecule has 2 N–H and O–H groups in total. The Kier molecular flexibility index (Phi) is 6.55. The minimum absolute atomic E-state index is 0.0920. The average Bonchev–Trinajstić information content (AvgIpc) is 2.82. The van der Waals surface area contributed by atoms with Crippen molar-refractivity contribution < 1.29 is 23.5 Å². The van der Waals surface area contributed by atoms with Gasteiger partial charge in [-0.05, 0) is 42.5 Å². The number of hydrogen-bond acceptors (Lipinski definition) is 4. The zero-order valence-corrected chi connectivity index (χ0v) is 18.1. The lowest BCUT2D eigenvalue weighted by Gasteiger charge is -2.30. The van der Waals surface area contributed by atoms with E-state index in [4.69, 9.17) is 16.3 Å². The van der Waals surface area contributed by atoms with Gasteiger partial charge in [-0.3, -0.25) is 14.4 Å². The van der Waals surface area contributed by atoms with Gasteiger partial charge in [-0.15, -0.1) is 0 Å².